The molecule has 8 aromatic carbocycles. The van der Waals surface area contributed by atoms with E-state index in [-0.39, 0.29) is 0 Å². The monoisotopic (exact) mass is 1450 g/mol. The van der Waals surface area contributed by atoms with Crippen LogP contribution in [0.15, 0.2) is 316 Å². The third-order valence-corrected chi connectivity index (χ3v) is 22.8. The van der Waals surface area contributed by atoms with Gasteiger partial charge in [-0.1, -0.05) is 213 Å². The van der Waals surface area contributed by atoms with E-state index in [0.717, 1.165) is 94.2 Å². The van der Waals surface area contributed by atoms with Crippen LogP contribution < -0.4 is 38.3 Å². The van der Waals surface area contributed by atoms with Gasteiger partial charge in [0.05, 0.1) is 0 Å². The molecule has 530 valence electrons. The summed E-state index contributed by atoms with van der Waals surface area (Å²) >= 11 is 0. The second-order valence-electron chi connectivity index (χ2n) is 25.5. The van der Waals surface area contributed by atoms with E-state index < -0.39 is 0 Å². The van der Waals surface area contributed by atoms with Crippen molar-refractivity contribution >= 4 is 115 Å². The Kier molecular flexibility index (Phi) is 30.9. The minimum absolute atomic E-state index is 0.889. The second kappa shape index (κ2) is 42.6. The van der Waals surface area contributed by atoms with Gasteiger partial charge in [0.25, 0.3) is 0 Å². The second-order valence-corrected chi connectivity index (χ2v) is 30.9. The molecule has 0 atom stereocenters. The van der Waals surface area contributed by atoms with Crippen molar-refractivity contribution in [1.29, 1.82) is 0 Å². The van der Waals surface area contributed by atoms with Crippen LogP contribution in [0.5, 0.6) is 0 Å². The topological polar surface area (TPSA) is 38.7 Å². The van der Waals surface area contributed by atoms with Crippen LogP contribution in [0.4, 0.5) is 22.7 Å². The van der Waals surface area contributed by atoms with Gasteiger partial charge in [-0.05, 0) is 155 Å². The fourth-order valence-electron chi connectivity index (χ4n) is 12.2. The van der Waals surface area contributed by atoms with Crippen molar-refractivity contribution in [1.82, 2.24) is 0 Å². The maximum absolute atomic E-state index is 3.27. The first-order chi connectivity index (χ1) is 51.9. The summed E-state index contributed by atoms with van der Waals surface area (Å²) in [6, 6.07) is 104. The molecule has 0 saturated carbocycles. The molecule has 0 amide bonds. The maximum atomic E-state index is 3.27. The maximum Gasteiger partial charge on any atom is 0.205 e. The lowest BCUT2D eigenvalue weighted by atomic mass is 10.1. The van der Waals surface area contributed by atoms with Gasteiger partial charge >= 0.3 is 0 Å². The molecule has 1 N–H and O–H groups in total. The van der Waals surface area contributed by atoms with Crippen LogP contribution in [-0.2, 0) is 46.3 Å². The molecular weight excluding hydrogens is 1360 g/mol. The summed E-state index contributed by atoms with van der Waals surface area (Å²) in [5, 5.41) is 0. The van der Waals surface area contributed by atoms with Gasteiger partial charge in [0.2, 0.25) is 22.8 Å². The zero-order valence-corrected chi connectivity index (χ0v) is 64.1. The van der Waals surface area contributed by atoms with Crippen molar-refractivity contribution in [3.8, 4) is 0 Å². The van der Waals surface area contributed by atoms with Crippen molar-refractivity contribution in [2.24, 2.45) is 7.05 Å². The van der Waals surface area contributed by atoms with Crippen LogP contribution in [0.25, 0.3) is 48.6 Å². The molecule has 0 aliphatic carbocycles. The van der Waals surface area contributed by atoms with Crippen LogP contribution in [0, 0.1) is 0 Å². The van der Waals surface area contributed by atoms with E-state index in [1.165, 1.54) is 84.3 Å². The summed E-state index contributed by atoms with van der Waals surface area (Å²) in [5.74, 6) is 4.18. The van der Waals surface area contributed by atoms with Crippen LogP contribution in [-0.4, -0.2) is 49.2 Å². The molecule has 0 spiro atoms. The average molecular weight is 1460 g/mol. The number of benzene rings is 8. The Morgan fingerprint density at radius 3 is 0.876 bits per heavy atom. The summed E-state index contributed by atoms with van der Waals surface area (Å²) in [4.78, 5) is 13.3. The molecule has 4 aromatic heterocycles. The van der Waals surface area contributed by atoms with Gasteiger partial charge in [0.1, 0.15) is 20.1 Å². The van der Waals surface area contributed by atoms with Crippen molar-refractivity contribution in [3.05, 3.63) is 383 Å². The lowest BCUT2D eigenvalue weighted by Crippen LogP contribution is -2.34. The molecule has 0 radical (unpaired) electrons. The Hall–Kier alpha value is -10.1. The summed E-state index contributed by atoms with van der Waals surface area (Å²) in [6.07, 6.45) is 25.7. The number of aromatic nitrogens is 4. The molecule has 0 saturated heterocycles. The molecule has 105 heavy (non-hydrogen) atoms. The third kappa shape index (κ3) is 25.4. The highest BCUT2D eigenvalue weighted by molar-refractivity contribution is 8.77. The number of pyridine rings is 4. The first-order valence-corrected chi connectivity index (χ1v) is 41.5. The van der Waals surface area contributed by atoms with Crippen molar-refractivity contribution in [2.45, 2.75) is 53.1 Å². The van der Waals surface area contributed by atoms with Gasteiger partial charge in [0, 0.05) is 171 Å². The number of rotatable bonds is 36. The van der Waals surface area contributed by atoms with Crippen molar-refractivity contribution in [3.63, 3.8) is 0 Å². The van der Waals surface area contributed by atoms with E-state index >= 15 is 0 Å². The molecule has 12 heteroatoms. The van der Waals surface area contributed by atoms with E-state index in [1.54, 1.807) is 0 Å². The van der Waals surface area contributed by atoms with E-state index in [1.807, 2.05) is 61.5 Å². The number of anilines is 4. The Morgan fingerprint density at radius 2 is 0.571 bits per heavy atom. The number of nitrogens with zero attached hydrogens (tertiary/aromatic N) is 7. The fourth-order valence-corrected chi connectivity index (χ4v) is 16.2. The first-order valence-electron chi connectivity index (χ1n) is 36.5. The van der Waals surface area contributed by atoms with Gasteiger partial charge in [-0.2, -0.15) is 9.13 Å². The summed E-state index contributed by atoms with van der Waals surface area (Å²) < 4.78 is 6.64. The number of nitrogens with one attached hydrogen (secondary N) is 1. The highest BCUT2D eigenvalue weighted by Gasteiger charge is 2.15. The van der Waals surface area contributed by atoms with Gasteiger partial charge in [-0.25, -0.2) is 9.55 Å². The first kappa shape index (κ1) is 76.1. The molecule has 12 aromatic rings. The highest BCUT2D eigenvalue weighted by atomic mass is 33.1. The van der Waals surface area contributed by atoms with E-state index in [4.69, 9.17) is 0 Å². The van der Waals surface area contributed by atoms with E-state index in [0.29, 0.717) is 0 Å². The van der Waals surface area contributed by atoms with Crippen molar-refractivity contribution in [2.75, 3.05) is 68.8 Å². The van der Waals surface area contributed by atoms with Crippen LogP contribution in [0.1, 0.15) is 81.1 Å². The number of aromatic amines is 1. The lowest BCUT2D eigenvalue weighted by Gasteiger charge is -2.26. The smallest absolute Gasteiger partial charge is 0.205 e. The Balaban J connectivity index is 0.000000210. The molecule has 4 heterocycles. The zero-order valence-electron chi connectivity index (χ0n) is 60.8. The molecule has 0 aliphatic heterocycles. The predicted molar refractivity (Wildman–Crippen MR) is 457 cm³/mol. The summed E-state index contributed by atoms with van der Waals surface area (Å²) in [5.41, 5.74) is 19.8. The van der Waals surface area contributed by atoms with Crippen LogP contribution >= 0.6 is 43.2 Å². The molecule has 0 aliphatic rings. The molecular formula is C93H98N8S4+4. The predicted octanol–water partition coefficient (Wildman–Crippen LogP) is 20.5. The van der Waals surface area contributed by atoms with E-state index in [2.05, 4.69) is 405 Å². The minimum Gasteiger partial charge on any atom is -0.366 e. The quantitative estimate of drug-likeness (QED) is 0.0219. The standard InChI is InChI=1S/C48H52N4S2.C45H45N4S2/c1-3-49-33-13-11-19-45(49)27-21-41-23-29-47(30-24-41)51(39-43-15-7-5-8-16-43)35-37-53-54-38-36-52(40-44-17-9-6-10-18-44)48-31-25-42(26-32-48)22-28-46-20-12-14-34-50(46)4-2;1-47-31-11-9-17-43(47)25-19-39-22-28-45(29-23-39)49(37-41-14-6-3-7-15-41)33-35-51-50-34-32-48(36-40-12-4-2-5-13-40)44-26-20-38(21-27-44)18-24-42-16-8-10-30-46-42/h5-34H,3-4,35-40H2,1-2H3;2-31H,32-37H2,1H3/q+2;+1/p+1/b;24-18+. The number of aryl methyl sites for hydroxylation is 3. The van der Waals surface area contributed by atoms with Gasteiger partial charge in [0.15, 0.2) is 24.8 Å². The van der Waals surface area contributed by atoms with Gasteiger partial charge < -0.3 is 19.6 Å². The van der Waals surface area contributed by atoms with Gasteiger partial charge in [-0.15, -0.1) is 0 Å². The van der Waals surface area contributed by atoms with E-state index in [9.17, 15) is 0 Å². The summed E-state index contributed by atoms with van der Waals surface area (Å²) in [6.45, 7) is 13.7. The Bertz CT molecular complexity index is 4430. The third-order valence-electron chi connectivity index (χ3n) is 18.1. The van der Waals surface area contributed by atoms with Crippen LogP contribution in [0.2, 0.25) is 0 Å². The largest absolute Gasteiger partial charge is 0.366 e. The van der Waals surface area contributed by atoms with Gasteiger partial charge in [-0.3, -0.25) is 0 Å². The van der Waals surface area contributed by atoms with Crippen molar-refractivity contribution < 1.29 is 18.7 Å². The SMILES string of the molecule is CC[n+]1ccccc1/C=C/c1ccc(N(CCSSCCN(Cc2ccccc2)c2ccc(/C=C/c3cccc[n+]3CC)cc2)Cc2ccccc2)cc1.C[n+]1ccccc1/C=C/c1ccc(N(CCSSCCN(Cc2ccccc2)c2ccc(/C=C/c3cccc[nH+]3)cc2)Cc2ccccc2)cc1. The lowest BCUT2D eigenvalue weighted by molar-refractivity contribution is -0.695. The number of hydrogen-bond acceptors (Lipinski definition) is 8. The van der Waals surface area contributed by atoms with Crippen LogP contribution in [0.3, 0.4) is 0 Å². The zero-order chi connectivity index (χ0) is 72.1. The Labute approximate surface area is 640 Å². The number of H-pyrrole nitrogens is 1. The molecule has 8 nitrogen and oxygen atoms in total. The highest BCUT2D eigenvalue weighted by Crippen LogP contribution is 2.30. The number of hydrogen-bond donors (Lipinski definition) is 0. The Morgan fingerprint density at radius 1 is 0.286 bits per heavy atom. The molecule has 12 rings (SSSR count). The molecule has 0 bridgehead atoms. The molecule has 0 fully saturated rings. The average Bonchev–Trinajstić information content (AvgIpc) is 0.882. The minimum atomic E-state index is 0.889. The summed E-state index contributed by atoms with van der Waals surface area (Å²) in [7, 11) is 9.97. The fraction of sp³-hybridized carbons (Fsp3) is 0.183. The molecule has 0 unspecified atom stereocenters. The normalized spacial score (nSPS) is 11.3.